The summed E-state index contributed by atoms with van der Waals surface area (Å²) in [6.45, 7) is 4.59. The number of anilines is 1. The standard InChI is InChI=1S/C13H19N5/c1-16(10-11-17-7-4-5-8-17)13-15-14-12-6-2-3-9-18(12)13/h2-3,6,9H,4-5,7-8,10-11H2,1H3. The van der Waals surface area contributed by atoms with Crippen LogP contribution >= 0.6 is 0 Å². The van der Waals surface area contributed by atoms with Crippen molar-refractivity contribution in [2.75, 3.05) is 38.1 Å². The molecule has 3 rings (SSSR count). The van der Waals surface area contributed by atoms with Gasteiger partial charge in [0, 0.05) is 26.3 Å². The molecule has 0 N–H and O–H groups in total. The molecule has 0 aliphatic carbocycles. The average molecular weight is 245 g/mol. The molecule has 0 aromatic carbocycles. The number of aromatic nitrogens is 3. The van der Waals surface area contributed by atoms with Gasteiger partial charge in [0.2, 0.25) is 5.95 Å². The summed E-state index contributed by atoms with van der Waals surface area (Å²) >= 11 is 0. The van der Waals surface area contributed by atoms with E-state index >= 15 is 0 Å². The number of hydrogen-bond donors (Lipinski definition) is 0. The predicted octanol–water partition coefficient (Wildman–Crippen LogP) is 1.26. The van der Waals surface area contributed by atoms with Crippen molar-refractivity contribution >= 4 is 11.6 Å². The van der Waals surface area contributed by atoms with Crippen molar-refractivity contribution in [3.8, 4) is 0 Å². The van der Waals surface area contributed by atoms with Crippen LogP contribution in [0.4, 0.5) is 5.95 Å². The van der Waals surface area contributed by atoms with Gasteiger partial charge in [0.15, 0.2) is 5.65 Å². The summed E-state index contributed by atoms with van der Waals surface area (Å²) in [5.41, 5.74) is 0.903. The van der Waals surface area contributed by atoms with Gasteiger partial charge in [0.05, 0.1) is 0 Å². The van der Waals surface area contributed by atoms with Crippen molar-refractivity contribution in [3.05, 3.63) is 24.4 Å². The topological polar surface area (TPSA) is 36.7 Å². The summed E-state index contributed by atoms with van der Waals surface area (Å²) in [5, 5.41) is 8.44. The minimum Gasteiger partial charge on any atom is -0.342 e. The molecule has 1 saturated heterocycles. The van der Waals surface area contributed by atoms with Crippen molar-refractivity contribution in [1.82, 2.24) is 19.5 Å². The second-order valence-electron chi connectivity index (χ2n) is 4.90. The molecule has 0 spiro atoms. The van der Waals surface area contributed by atoms with Gasteiger partial charge < -0.3 is 9.80 Å². The minimum absolute atomic E-state index is 0.903. The van der Waals surface area contributed by atoms with Crippen LogP contribution in [0.5, 0.6) is 0 Å². The van der Waals surface area contributed by atoms with Gasteiger partial charge in [0.1, 0.15) is 0 Å². The Morgan fingerprint density at radius 2 is 2.06 bits per heavy atom. The highest BCUT2D eigenvalue weighted by Crippen LogP contribution is 2.12. The van der Waals surface area contributed by atoms with Gasteiger partial charge >= 0.3 is 0 Å². The highest BCUT2D eigenvalue weighted by molar-refractivity contribution is 5.45. The van der Waals surface area contributed by atoms with Crippen LogP contribution in [-0.4, -0.2) is 52.7 Å². The van der Waals surface area contributed by atoms with Crippen LogP contribution in [0, 0.1) is 0 Å². The zero-order valence-corrected chi connectivity index (χ0v) is 10.8. The fourth-order valence-electron chi connectivity index (χ4n) is 2.49. The molecule has 0 atom stereocenters. The second kappa shape index (κ2) is 4.94. The lowest BCUT2D eigenvalue weighted by Crippen LogP contribution is -2.32. The van der Waals surface area contributed by atoms with Crippen LogP contribution in [0.25, 0.3) is 5.65 Å². The molecule has 0 amide bonds. The van der Waals surface area contributed by atoms with Crippen molar-refractivity contribution in [2.45, 2.75) is 12.8 Å². The maximum Gasteiger partial charge on any atom is 0.231 e. The average Bonchev–Trinajstić information content (AvgIpc) is 3.05. The van der Waals surface area contributed by atoms with Gasteiger partial charge in [-0.25, -0.2) is 0 Å². The Hall–Kier alpha value is -1.62. The molecule has 3 heterocycles. The van der Waals surface area contributed by atoms with Gasteiger partial charge in [-0.2, -0.15) is 0 Å². The van der Waals surface area contributed by atoms with Crippen molar-refractivity contribution < 1.29 is 0 Å². The fourth-order valence-corrected chi connectivity index (χ4v) is 2.49. The van der Waals surface area contributed by atoms with Gasteiger partial charge in [-0.05, 0) is 38.1 Å². The fraction of sp³-hybridized carbons (Fsp3) is 0.538. The van der Waals surface area contributed by atoms with E-state index in [9.17, 15) is 0 Å². The molecule has 18 heavy (non-hydrogen) atoms. The molecule has 2 aromatic heterocycles. The zero-order valence-electron chi connectivity index (χ0n) is 10.8. The van der Waals surface area contributed by atoms with Gasteiger partial charge in [-0.3, -0.25) is 4.40 Å². The van der Waals surface area contributed by atoms with E-state index in [2.05, 4.69) is 27.0 Å². The van der Waals surface area contributed by atoms with Crippen LogP contribution < -0.4 is 4.90 Å². The summed E-state index contributed by atoms with van der Waals surface area (Å²) < 4.78 is 2.03. The van der Waals surface area contributed by atoms with E-state index in [0.29, 0.717) is 0 Å². The first-order valence-corrected chi connectivity index (χ1v) is 6.58. The normalized spacial score (nSPS) is 16.5. The lowest BCUT2D eigenvalue weighted by Gasteiger charge is -2.21. The summed E-state index contributed by atoms with van der Waals surface area (Å²) in [6.07, 6.45) is 4.70. The molecule has 96 valence electrons. The van der Waals surface area contributed by atoms with E-state index in [1.54, 1.807) is 0 Å². The number of fused-ring (bicyclic) bond motifs is 1. The minimum atomic E-state index is 0.903. The highest BCUT2D eigenvalue weighted by atomic mass is 15.4. The van der Waals surface area contributed by atoms with Gasteiger partial charge in [-0.1, -0.05) is 6.07 Å². The Morgan fingerprint density at radius 1 is 1.22 bits per heavy atom. The Kier molecular flexibility index (Phi) is 3.15. The smallest absolute Gasteiger partial charge is 0.231 e. The summed E-state index contributed by atoms with van der Waals surface area (Å²) in [6, 6.07) is 5.97. The molecule has 1 fully saturated rings. The lowest BCUT2D eigenvalue weighted by molar-refractivity contribution is 0.346. The van der Waals surface area contributed by atoms with Crippen molar-refractivity contribution in [1.29, 1.82) is 0 Å². The molecule has 0 saturated carbocycles. The number of rotatable bonds is 4. The lowest BCUT2D eigenvalue weighted by atomic mass is 10.4. The van der Waals surface area contributed by atoms with Crippen LogP contribution in [-0.2, 0) is 0 Å². The van der Waals surface area contributed by atoms with E-state index in [4.69, 9.17) is 0 Å². The van der Waals surface area contributed by atoms with E-state index in [1.807, 2.05) is 28.8 Å². The Morgan fingerprint density at radius 3 is 2.89 bits per heavy atom. The monoisotopic (exact) mass is 245 g/mol. The third kappa shape index (κ3) is 2.18. The van der Waals surface area contributed by atoms with Crippen molar-refractivity contribution in [3.63, 3.8) is 0 Å². The van der Waals surface area contributed by atoms with Gasteiger partial charge in [-0.15, -0.1) is 10.2 Å². The first-order chi connectivity index (χ1) is 8.84. The molecule has 1 aliphatic heterocycles. The predicted molar refractivity (Wildman–Crippen MR) is 71.9 cm³/mol. The SMILES string of the molecule is CN(CCN1CCCC1)c1nnc2ccccn12. The third-order valence-corrected chi connectivity index (χ3v) is 3.59. The number of pyridine rings is 1. The molecule has 0 bridgehead atoms. The molecule has 1 aliphatic rings. The molecule has 0 radical (unpaired) electrons. The Labute approximate surface area is 107 Å². The first-order valence-electron chi connectivity index (χ1n) is 6.58. The largest absolute Gasteiger partial charge is 0.342 e. The van der Waals surface area contributed by atoms with Crippen molar-refractivity contribution in [2.24, 2.45) is 0 Å². The second-order valence-corrected chi connectivity index (χ2v) is 4.90. The third-order valence-electron chi connectivity index (χ3n) is 3.59. The Balaban J connectivity index is 1.69. The quantitative estimate of drug-likeness (QED) is 0.812. The first kappa shape index (κ1) is 11.5. The van der Waals surface area contributed by atoms with Crippen LogP contribution in [0.1, 0.15) is 12.8 Å². The highest BCUT2D eigenvalue weighted by Gasteiger charge is 2.14. The van der Waals surface area contributed by atoms with E-state index in [1.165, 1.54) is 25.9 Å². The molecule has 5 nitrogen and oxygen atoms in total. The Bertz CT molecular complexity index is 515. The zero-order chi connectivity index (χ0) is 12.4. The summed E-state index contributed by atoms with van der Waals surface area (Å²) in [4.78, 5) is 4.69. The summed E-state index contributed by atoms with van der Waals surface area (Å²) in [7, 11) is 2.08. The number of nitrogens with zero attached hydrogens (tertiary/aromatic N) is 5. The molecule has 2 aromatic rings. The number of likely N-dealkylation sites (N-methyl/N-ethyl adjacent to an activating group) is 1. The number of likely N-dealkylation sites (tertiary alicyclic amines) is 1. The maximum absolute atomic E-state index is 4.26. The van der Waals surface area contributed by atoms with Crippen LogP contribution in [0.3, 0.4) is 0 Å². The van der Waals surface area contributed by atoms with Gasteiger partial charge in [0.25, 0.3) is 0 Å². The van der Waals surface area contributed by atoms with E-state index in [0.717, 1.165) is 24.7 Å². The maximum atomic E-state index is 4.26. The molecular weight excluding hydrogens is 226 g/mol. The van der Waals surface area contributed by atoms with E-state index in [-0.39, 0.29) is 0 Å². The number of hydrogen-bond acceptors (Lipinski definition) is 4. The molecular formula is C13H19N5. The summed E-state index contributed by atoms with van der Waals surface area (Å²) in [5.74, 6) is 0.921. The van der Waals surface area contributed by atoms with Crippen LogP contribution in [0.15, 0.2) is 24.4 Å². The van der Waals surface area contributed by atoms with E-state index < -0.39 is 0 Å². The van der Waals surface area contributed by atoms with Crippen LogP contribution in [0.2, 0.25) is 0 Å². The molecule has 0 unspecified atom stereocenters. The molecule has 5 heteroatoms.